The van der Waals surface area contributed by atoms with Crippen molar-refractivity contribution in [2.24, 2.45) is 11.3 Å². The molecule has 1 saturated carbocycles. The number of Topliss-reactive ketones (excluding diaryl/α,β-unsaturated/α-hetero) is 1. The van der Waals surface area contributed by atoms with Gasteiger partial charge in [0.05, 0.1) is 11.6 Å². The Hall–Kier alpha value is -5.01. The topological polar surface area (TPSA) is 109 Å². The number of nitriles is 2. The Balaban J connectivity index is 1.62. The summed E-state index contributed by atoms with van der Waals surface area (Å²) in [5.41, 5.74) is 1.28. The molecule has 8 heteroatoms. The number of amidine groups is 1. The summed E-state index contributed by atoms with van der Waals surface area (Å²) in [7, 11) is 0. The van der Waals surface area contributed by atoms with E-state index in [0.717, 1.165) is 16.7 Å². The largest absolute Gasteiger partial charge is 0.289 e. The monoisotopic (exact) mass is 640 g/mol. The van der Waals surface area contributed by atoms with Gasteiger partial charge in [-0.2, -0.15) is 10.5 Å². The summed E-state index contributed by atoms with van der Waals surface area (Å²) in [6.07, 6.45) is 0. The van der Waals surface area contributed by atoms with Crippen LogP contribution in [0.4, 0.5) is 0 Å². The van der Waals surface area contributed by atoms with Gasteiger partial charge >= 0.3 is 0 Å². The molecule has 2 heterocycles. The number of piperidine rings is 1. The third kappa shape index (κ3) is 3.91. The molecule has 0 bridgehead atoms. The lowest BCUT2D eigenvalue weighted by Crippen LogP contribution is -2.58. The zero-order valence-corrected chi connectivity index (χ0v) is 26.4. The maximum Gasteiger partial charge on any atom is 0.250 e. The minimum absolute atomic E-state index is 0.100. The van der Waals surface area contributed by atoms with Crippen LogP contribution in [-0.2, 0) is 10.3 Å². The Bertz CT molecular complexity index is 2110. The zero-order valence-electron chi connectivity index (χ0n) is 24.9. The molecule has 4 aromatic rings. The van der Waals surface area contributed by atoms with Crippen molar-refractivity contribution in [2.45, 2.75) is 31.2 Å². The highest BCUT2D eigenvalue weighted by atomic mass is 35.5. The third-order valence-electron chi connectivity index (χ3n) is 9.80. The second-order valence-electron chi connectivity index (χ2n) is 12.3. The summed E-state index contributed by atoms with van der Waals surface area (Å²) >= 11 is 12.6. The van der Waals surface area contributed by atoms with Gasteiger partial charge in [0.1, 0.15) is 22.9 Å². The van der Waals surface area contributed by atoms with Crippen LogP contribution in [0.2, 0.25) is 10.0 Å². The van der Waals surface area contributed by atoms with Crippen LogP contribution in [0.15, 0.2) is 108 Å². The van der Waals surface area contributed by atoms with E-state index in [1.54, 1.807) is 48.5 Å². The maximum absolute atomic E-state index is 14.9. The smallest absolute Gasteiger partial charge is 0.250 e. The molecule has 6 nitrogen and oxygen atoms in total. The first-order chi connectivity index (χ1) is 22.1. The number of halogens is 2. The number of nitrogens with one attached hydrogen (secondary N) is 1. The van der Waals surface area contributed by atoms with Gasteiger partial charge in [-0.3, -0.25) is 19.9 Å². The molecule has 0 aromatic heterocycles. The van der Waals surface area contributed by atoms with Crippen molar-refractivity contribution in [1.82, 2.24) is 4.90 Å². The number of carbonyl (C=O) groups is 2. The van der Waals surface area contributed by atoms with Crippen LogP contribution in [0.5, 0.6) is 0 Å². The number of ketones is 1. The zero-order chi connectivity index (χ0) is 32.5. The molecule has 4 aromatic carbocycles. The van der Waals surface area contributed by atoms with E-state index in [1.165, 1.54) is 4.90 Å². The molecule has 2 fully saturated rings. The van der Waals surface area contributed by atoms with Crippen molar-refractivity contribution in [3.8, 4) is 12.1 Å². The van der Waals surface area contributed by atoms with Crippen LogP contribution in [0.1, 0.15) is 50.0 Å². The van der Waals surface area contributed by atoms with Crippen molar-refractivity contribution in [1.29, 1.82) is 15.9 Å². The second-order valence-corrected chi connectivity index (χ2v) is 13.1. The minimum atomic E-state index is -1.53. The van der Waals surface area contributed by atoms with Gasteiger partial charge in [0, 0.05) is 38.9 Å². The lowest BCUT2D eigenvalue weighted by molar-refractivity contribution is -0.132. The van der Waals surface area contributed by atoms with Crippen molar-refractivity contribution in [3.05, 3.63) is 152 Å². The molecule has 1 aliphatic carbocycles. The fourth-order valence-corrected chi connectivity index (χ4v) is 8.28. The summed E-state index contributed by atoms with van der Waals surface area (Å²) in [6, 6.07) is 33.4. The molecule has 46 heavy (non-hydrogen) atoms. The average molecular weight is 642 g/mol. The predicted octanol–water partition coefficient (Wildman–Crippen LogP) is 8.05. The van der Waals surface area contributed by atoms with Gasteiger partial charge in [0.15, 0.2) is 5.78 Å². The number of fused-ring (bicyclic) bond motifs is 3. The SMILES string of the molecule is Cc1cccc([C@@H]2C3[C@]2(C#N)C(=O)N2C(=N)C(C#N)=C(C(=O)c4ccc(Cl)cc4)[C@H](c4cccc(C)c4)[C@]32c2ccc(Cl)cc2)c1. The van der Waals surface area contributed by atoms with E-state index in [9.17, 15) is 25.5 Å². The molecule has 0 radical (unpaired) electrons. The van der Waals surface area contributed by atoms with Crippen molar-refractivity contribution < 1.29 is 9.59 Å². The summed E-state index contributed by atoms with van der Waals surface area (Å²) in [5, 5.41) is 31.9. The molecule has 7 rings (SSSR count). The number of aryl methyl sites for hydroxylation is 2. The number of rotatable bonds is 5. The highest BCUT2D eigenvalue weighted by molar-refractivity contribution is 6.31. The quantitative estimate of drug-likeness (QED) is 0.223. The second kappa shape index (κ2) is 10.5. The van der Waals surface area contributed by atoms with Gasteiger partial charge in [-0.1, -0.05) is 95.0 Å². The van der Waals surface area contributed by atoms with Gasteiger partial charge in [0.25, 0.3) is 5.91 Å². The molecule has 3 aliphatic rings. The van der Waals surface area contributed by atoms with Gasteiger partial charge in [-0.25, -0.2) is 0 Å². The Labute approximate surface area is 276 Å². The first-order valence-corrected chi connectivity index (χ1v) is 15.5. The number of hydrogen-bond acceptors (Lipinski definition) is 5. The Kier molecular flexibility index (Phi) is 6.79. The number of benzene rings is 4. The first kappa shape index (κ1) is 29.7. The summed E-state index contributed by atoms with van der Waals surface area (Å²) in [6.45, 7) is 3.89. The third-order valence-corrected chi connectivity index (χ3v) is 10.3. The molecule has 1 amide bonds. The van der Waals surface area contributed by atoms with Gasteiger partial charge in [-0.05, 0) is 66.9 Å². The maximum atomic E-state index is 14.9. The van der Waals surface area contributed by atoms with E-state index in [2.05, 4.69) is 12.1 Å². The lowest BCUT2D eigenvalue weighted by Gasteiger charge is -2.51. The Morgan fingerprint density at radius 1 is 0.848 bits per heavy atom. The molecule has 1 N–H and O–H groups in total. The summed E-state index contributed by atoms with van der Waals surface area (Å²) < 4.78 is 0. The normalized spacial score (nSPS) is 26.2. The van der Waals surface area contributed by atoms with Gasteiger partial charge < -0.3 is 0 Å². The highest BCUT2D eigenvalue weighted by Crippen LogP contribution is 2.80. The summed E-state index contributed by atoms with van der Waals surface area (Å²) in [5.74, 6) is -3.50. The molecule has 1 saturated heterocycles. The first-order valence-electron chi connectivity index (χ1n) is 14.8. The highest BCUT2D eigenvalue weighted by Gasteiger charge is 2.87. The predicted molar refractivity (Wildman–Crippen MR) is 176 cm³/mol. The van der Waals surface area contributed by atoms with E-state index < -0.39 is 46.2 Å². The molecule has 1 unspecified atom stereocenters. The molecule has 0 spiro atoms. The molecular weight excluding hydrogens is 615 g/mol. The van der Waals surface area contributed by atoms with Crippen LogP contribution in [0, 0.1) is 53.3 Å². The number of carbonyl (C=O) groups excluding carboxylic acids is 2. The van der Waals surface area contributed by atoms with E-state index in [1.807, 2.05) is 62.4 Å². The van der Waals surface area contributed by atoms with Crippen molar-refractivity contribution in [3.63, 3.8) is 0 Å². The lowest BCUT2D eigenvalue weighted by atomic mass is 9.62. The fraction of sp³-hybridized carbons (Fsp3) is 0.184. The van der Waals surface area contributed by atoms with Crippen LogP contribution < -0.4 is 0 Å². The minimum Gasteiger partial charge on any atom is -0.289 e. The Morgan fingerprint density at radius 3 is 1.98 bits per heavy atom. The van der Waals surface area contributed by atoms with E-state index >= 15 is 0 Å². The van der Waals surface area contributed by atoms with Crippen LogP contribution in [0.3, 0.4) is 0 Å². The Morgan fingerprint density at radius 2 is 1.41 bits per heavy atom. The van der Waals surface area contributed by atoms with Crippen LogP contribution in [0.25, 0.3) is 0 Å². The average Bonchev–Trinajstić information content (AvgIpc) is 3.69. The number of amides is 1. The van der Waals surface area contributed by atoms with Crippen molar-refractivity contribution in [2.75, 3.05) is 0 Å². The summed E-state index contributed by atoms with van der Waals surface area (Å²) in [4.78, 5) is 30.9. The van der Waals surface area contributed by atoms with E-state index in [-0.39, 0.29) is 11.1 Å². The van der Waals surface area contributed by atoms with Crippen LogP contribution >= 0.6 is 23.2 Å². The molecular formula is C38H26Cl2N4O2. The molecule has 2 aliphatic heterocycles. The van der Waals surface area contributed by atoms with E-state index in [4.69, 9.17) is 23.2 Å². The van der Waals surface area contributed by atoms with Crippen molar-refractivity contribution >= 4 is 40.7 Å². The van der Waals surface area contributed by atoms with Gasteiger partial charge in [0.2, 0.25) is 0 Å². The van der Waals surface area contributed by atoms with E-state index in [0.29, 0.717) is 26.7 Å². The molecule has 5 atom stereocenters. The van der Waals surface area contributed by atoms with Crippen LogP contribution in [-0.4, -0.2) is 22.4 Å². The fourth-order valence-electron chi connectivity index (χ4n) is 8.03. The van der Waals surface area contributed by atoms with Gasteiger partial charge in [-0.15, -0.1) is 0 Å². The number of hydrogen-bond donors (Lipinski definition) is 1. The standard InChI is InChI=1S/C38H26Cl2N4O2/c1-21-5-3-7-24(17-21)31-30(33(45)23-9-13-27(39)14-10-23)29(19-41)35(43)44-36(46)37(20-42)32(25-8-4-6-22(2)18-25)34(37)38(31,44)26-11-15-28(40)16-12-26/h3-18,31-32,34,43H,1-2H3/t31-,32+,34?,37+,38+/m0/s1. The molecule has 224 valence electrons. The number of nitrogens with zero attached hydrogens (tertiary/aromatic N) is 3.